The summed E-state index contributed by atoms with van der Waals surface area (Å²) in [4.78, 5) is 2.40. The SMILES string of the molecule is CCOc1ccc(N2CCCCC2)cc1N. The summed E-state index contributed by atoms with van der Waals surface area (Å²) >= 11 is 0. The number of ether oxygens (including phenoxy) is 1. The first-order chi connectivity index (χ1) is 7.81. The average Bonchev–Trinajstić information content (AvgIpc) is 2.33. The van der Waals surface area contributed by atoms with Gasteiger partial charge in [0.15, 0.2) is 0 Å². The van der Waals surface area contributed by atoms with Crippen molar-refractivity contribution in [3.05, 3.63) is 18.2 Å². The van der Waals surface area contributed by atoms with E-state index in [1.54, 1.807) is 0 Å². The Morgan fingerprint density at radius 1 is 1.25 bits per heavy atom. The van der Waals surface area contributed by atoms with Crippen LogP contribution in [-0.2, 0) is 0 Å². The van der Waals surface area contributed by atoms with Crippen LogP contribution < -0.4 is 15.4 Å². The van der Waals surface area contributed by atoms with E-state index >= 15 is 0 Å². The second-order valence-electron chi connectivity index (χ2n) is 4.20. The lowest BCUT2D eigenvalue weighted by Crippen LogP contribution is -2.29. The lowest BCUT2D eigenvalue weighted by atomic mass is 10.1. The van der Waals surface area contributed by atoms with E-state index in [0.717, 1.165) is 24.5 Å². The molecule has 2 N–H and O–H groups in total. The van der Waals surface area contributed by atoms with Crippen LogP contribution in [-0.4, -0.2) is 19.7 Å². The number of rotatable bonds is 3. The van der Waals surface area contributed by atoms with Crippen LogP contribution in [0.2, 0.25) is 0 Å². The molecule has 0 unspecified atom stereocenters. The first kappa shape index (κ1) is 11.1. The number of nitrogens with two attached hydrogens (primary N) is 1. The first-order valence-corrected chi connectivity index (χ1v) is 6.08. The zero-order chi connectivity index (χ0) is 11.4. The normalized spacial score (nSPS) is 16.2. The van der Waals surface area contributed by atoms with E-state index < -0.39 is 0 Å². The molecule has 3 nitrogen and oxygen atoms in total. The Morgan fingerprint density at radius 2 is 2.00 bits per heavy atom. The highest BCUT2D eigenvalue weighted by atomic mass is 16.5. The van der Waals surface area contributed by atoms with Crippen LogP contribution in [0.25, 0.3) is 0 Å². The summed E-state index contributed by atoms with van der Waals surface area (Å²) in [5.41, 5.74) is 7.93. The fourth-order valence-corrected chi connectivity index (χ4v) is 2.17. The van der Waals surface area contributed by atoms with E-state index in [0.29, 0.717) is 6.61 Å². The highest BCUT2D eigenvalue weighted by Crippen LogP contribution is 2.28. The van der Waals surface area contributed by atoms with Crippen LogP contribution in [0.1, 0.15) is 26.2 Å². The second-order valence-corrected chi connectivity index (χ2v) is 4.20. The van der Waals surface area contributed by atoms with Gasteiger partial charge in [-0.3, -0.25) is 0 Å². The van der Waals surface area contributed by atoms with Crippen molar-refractivity contribution in [2.45, 2.75) is 26.2 Å². The molecule has 0 bridgehead atoms. The lowest BCUT2D eigenvalue weighted by Gasteiger charge is -2.29. The van der Waals surface area contributed by atoms with Crippen molar-refractivity contribution in [1.29, 1.82) is 0 Å². The van der Waals surface area contributed by atoms with Gasteiger partial charge in [0, 0.05) is 18.8 Å². The van der Waals surface area contributed by atoms with E-state index in [2.05, 4.69) is 11.0 Å². The Hall–Kier alpha value is -1.38. The maximum Gasteiger partial charge on any atom is 0.142 e. The molecule has 88 valence electrons. The quantitative estimate of drug-likeness (QED) is 0.796. The van der Waals surface area contributed by atoms with E-state index in [9.17, 15) is 0 Å². The van der Waals surface area contributed by atoms with Crippen molar-refractivity contribution in [2.24, 2.45) is 0 Å². The predicted molar refractivity (Wildman–Crippen MR) is 68.1 cm³/mol. The minimum atomic E-state index is 0.660. The molecule has 0 saturated carbocycles. The minimum absolute atomic E-state index is 0.660. The largest absolute Gasteiger partial charge is 0.492 e. The molecule has 2 rings (SSSR count). The maximum absolute atomic E-state index is 5.96. The molecular formula is C13H20N2O. The number of anilines is 2. The maximum atomic E-state index is 5.96. The molecular weight excluding hydrogens is 200 g/mol. The van der Waals surface area contributed by atoms with Gasteiger partial charge < -0.3 is 15.4 Å². The number of nitrogens with zero attached hydrogens (tertiary/aromatic N) is 1. The van der Waals surface area contributed by atoms with Gasteiger partial charge in [-0.25, -0.2) is 0 Å². The van der Waals surface area contributed by atoms with Crippen molar-refractivity contribution in [2.75, 3.05) is 30.3 Å². The summed E-state index contributed by atoms with van der Waals surface area (Å²) in [6, 6.07) is 6.10. The molecule has 1 aliphatic rings. The van der Waals surface area contributed by atoms with Gasteiger partial charge in [0.25, 0.3) is 0 Å². The molecule has 0 aliphatic carbocycles. The fourth-order valence-electron chi connectivity index (χ4n) is 2.17. The van der Waals surface area contributed by atoms with Crippen molar-refractivity contribution >= 4 is 11.4 Å². The Kier molecular flexibility index (Phi) is 3.54. The van der Waals surface area contributed by atoms with Gasteiger partial charge >= 0.3 is 0 Å². The first-order valence-electron chi connectivity index (χ1n) is 6.08. The van der Waals surface area contributed by atoms with Crippen molar-refractivity contribution < 1.29 is 4.74 Å². The van der Waals surface area contributed by atoms with Gasteiger partial charge in [-0.15, -0.1) is 0 Å². The summed E-state index contributed by atoms with van der Waals surface area (Å²) in [5, 5.41) is 0. The Morgan fingerprint density at radius 3 is 2.62 bits per heavy atom. The second kappa shape index (κ2) is 5.10. The zero-order valence-electron chi connectivity index (χ0n) is 9.91. The number of hydrogen-bond donors (Lipinski definition) is 1. The van der Waals surface area contributed by atoms with Gasteiger partial charge in [0.05, 0.1) is 12.3 Å². The molecule has 0 aromatic heterocycles. The minimum Gasteiger partial charge on any atom is -0.492 e. The van der Waals surface area contributed by atoms with Gasteiger partial charge in [-0.2, -0.15) is 0 Å². The van der Waals surface area contributed by atoms with Crippen LogP contribution in [0.4, 0.5) is 11.4 Å². The third kappa shape index (κ3) is 2.40. The summed E-state index contributed by atoms with van der Waals surface area (Å²) in [6.07, 6.45) is 3.92. The third-order valence-electron chi connectivity index (χ3n) is 3.01. The van der Waals surface area contributed by atoms with Crippen LogP contribution in [0, 0.1) is 0 Å². The molecule has 1 fully saturated rings. The van der Waals surface area contributed by atoms with Gasteiger partial charge in [0.1, 0.15) is 5.75 Å². The van der Waals surface area contributed by atoms with Gasteiger partial charge in [-0.05, 0) is 44.4 Å². The van der Waals surface area contributed by atoms with E-state index in [4.69, 9.17) is 10.5 Å². The number of hydrogen-bond acceptors (Lipinski definition) is 3. The van der Waals surface area contributed by atoms with Crippen molar-refractivity contribution in [1.82, 2.24) is 0 Å². The highest BCUT2D eigenvalue weighted by molar-refractivity contribution is 5.63. The van der Waals surface area contributed by atoms with Crippen LogP contribution in [0.15, 0.2) is 18.2 Å². The Labute approximate surface area is 97.2 Å². The summed E-state index contributed by atoms with van der Waals surface area (Å²) < 4.78 is 5.44. The summed E-state index contributed by atoms with van der Waals surface area (Å²) in [6.45, 7) is 4.92. The predicted octanol–water partition coefficient (Wildman–Crippen LogP) is 2.66. The number of nitrogen functional groups attached to an aromatic ring is 1. The molecule has 0 spiro atoms. The Bertz CT molecular complexity index is 346. The average molecular weight is 220 g/mol. The lowest BCUT2D eigenvalue weighted by molar-refractivity contribution is 0.342. The standard InChI is InChI=1S/C13H20N2O/c1-2-16-13-7-6-11(10-12(13)14)15-8-4-3-5-9-15/h6-7,10H,2-5,8-9,14H2,1H3. The van der Waals surface area contributed by atoms with Gasteiger partial charge in [-0.1, -0.05) is 0 Å². The zero-order valence-corrected chi connectivity index (χ0v) is 9.91. The number of benzene rings is 1. The Balaban J connectivity index is 2.13. The van der Waals surface area contributed by atoms with Crippen molar-refractivity contribution in [3.63, 3.8) is 0 Å². The van der Waals surface area contributed by atoms with E-state index in [1.807, 2.05) is 19.1 Å². The molecule has 1 aromatic carbocycles. The van der Waals surface area contributed by atoms with E-state index in [-0.39, 0.29) is 0 Å². The number of piperidine rings is 1. The molecule has 1 aliphatic heterocycles. The van der Waals surface area contributed by atoms with Crippen molar-refractivity contribution in [3.8, 4) is 5.75 Å². The molecule has 0 radical (unpaired) electrons. The fraction of sp³-hybridized carbons (Fsp3) is 0.538. The molecule has 0 atom stereocenters. The monoisotopic (exact) mass is 220 g/mol. The molecule has 0 amide bonds. The van der Waals surface area contributed by atoms with Crippen LogP contribution >= 0.6 is 0 Å². The molecule has 1 saturated heterocycles. The summed E-state index contributed by atoms with van der Waals surface area (Å²) in [5.74, 6) is 0.795. The smallest absolute Gasteiger partial charge is 0.142 e. The molecule has 1 aromatic rings. The van der Waals surface area contributed by atoms with Crippen LogP contribution in [0.3, 0.4) is 0 Å². The third-order valence-corrected chi connectivity index (χ3v) is 3.01. The van der Waals surface area contributed by atoms with Gasteiger partial charge in [0.2, 0.25) is 0 Å². The highest BCUT2D eigenvalue weighted by Gasteiger charge is 2.12. The van der Waals surface area contributed by atoms with E-state index in [1.165, 1.54) is 24.9 Å². The molecule has 1 heterocycles. The summed E-state index contributed by atoms with van der Waals surface area (Å²) in [7, 11) is 0. The van der Waals surface area contributed by atoms with Crippen LogP contribution in [0.5, 0.6) is 5.75 Å². The molecule has 3 heteroatoms. The topological polar surface area (TPSA) is 38.5 Å². The molecule has 16 heavy (non-hydrogen) atoms.